The molecule has 1 aromatic carbocycles. The van der Waals surface area contributed by atoms with Gasteiger partial charge in [-0.1, -0.05) is 29.8 Å². The maximum absolute atomic E-state index is 13.0. The second-order valence-corrected chi connectivity index (χ2v) is 6.55. The fourth-order valence-electron chi connectivity index (χ4n) is 2.32. The normalized spacial score (nSPS) is 15.7. The van der Waals surface area contributed by atoms with Gasteiger partial charge in [0.25, 0.3) is 0 Å². The van der Waals surface area contributed by atoms with Gasteiger partial charge in [-0.05, 0) is 30.0 Å². The molecule has 3 nitrogen and oxygen atoms in total. The molecule has 0 saturated carbocycles. The van der Waals surface area contributed by atoms with Crippen LogP contribution < -0.4 is 10.5 Å². The smallest absolute Gasteiger partial charge is 0.418 e. The summed E-state index contributed by atoms with van der Waals surface area (Å²) in [4.78, 5) is 0. The van der Waals surface area contributed by atoms with Crippen LogP contribution in [0.3, 0.4) is 0 Å². The van der Waals surface area contributed by atoms with E-state index in [0.29, 0.717) is 11.3 Å². The minimum atomic E-state index is -4.79. The van der Waals surface area contributed by atoms with Crippen LogP contribution in [0.5, 0.6) is 5.75 Å². The highest BCUT2D eigenvalue weighted by Crippen LogP contribution is 2.43. The molecular weight excluding hydrogens is 351 g/mol. The quantitative estimate of drug-likeness (QED) is 0.836. The van der Waals surface area contributed by atoms with Crippen LogP contribution in [-0.2, 0) is 5.41 Å². The van der Waals surface area contributed by atoms with Gasteiger partial charge >= 0.3 is 6.18 Å². The van der Waals surface area contributed by atoms with Gasteiger partial charge in [-0.15, -0.1) is 0 Å². The van der Waals surface area contributed by atoms with E-state index in [4.69, 9.17) is 10.5 Å². The lowest BCUT2D eigenvalue weighted by molar-refractivity contribution is -0.262. The number of hydrogen-bond acceptors (Lipinski definition) is 3. The van der Waals surface area contributed by atoms with E-state index < -0.39 is 30.2 Å². The summed E-state index contributed by atoms with van der Waals surface area (Å²) in [6.07, 6.45) is -5.36. The Hall–Kier alpha value is -0.790. The van der Waals surface area contributed by atoms with Crippen LogP contribution in [0.1, 0.15) is 25.8 Å². The lowest BCUT2D eigenvalue weighted by Crippen LogP contribution is -2.54. The molecule has 1 aromatic rings. The fourth-order valence-corrected chi connectivity index (χ4v) is 2.68. The summed E-state index contributed by atoms with van der Waals surface area (Å²) in [5, 5.41) is 9.88. The van der Waals surface area contributed by atoms with Crippen molar-refractivity contribution < 1.29 is 23.0 Å². The molecule has 0 saturated heterocycles. The molecule has 0 aliphatic rings. The van der Waals surface area contributed by atoms with Crippen molar-refractivity contribution in [3.63, 3.8) is 0 Å². The van der Waals surface area contributed by atoms with E-state index in [1.165, 1.54) is 7.11 Å². The molecule has 7 heteroatoms. The molecule has 0 heterocycles. The van der Waals surface area contributed by atoms with Crippen molar-refractivity contribution in [2.24, 2.45) is 5.73 Å². The van der Waals surface area contributed by atoms with Gasteiger partial charge in [0.2, 0.25) is 0 Å². The van der Waals surface area contributed by atoms with E-state index in [0.717, 1.165) is 4.47 Å². The van der Waals surface area contributed by atoms with E-state index in [-0.39, 0.29) is 0 Å². The minimum absolute atomic E-state index is 0.463. The number of alkyl halides is 3. The van der Waals surface area contributed by atoms with Crippen LogP contribution in [0.25, 0.3) is 0 Å². The number of rotatable bonds is 5. The Morgan fingerprint density at radius 3 is 2.29 bits per heavy atom. The molecular formula is C14H19BrF3NO2. The van der Waals surface area contributed by atoms with Crippen molar-refractivity contribution in [2.45, 2.75) is 37.5 Å². The van der Waals surface area contributed by atoms with Crippen LogP contribution >= 0.6 is 15.9 Å². The lowest BCUT2D eigenvalue weighted by atomic mass is 9.74. The second-order valence-electron chi connectivity index (χ2n) is 5.64. The third-order valence-corrected chi connectivity index (χ3v) is 3.98. The van der Waals surface area contributed by atoms with E-state index in [2.05, 4.69) is 15.9 Å². The molecule has 0 amide bonds. The largest absolute Gasteiger partial charge is 0.496 e. The third kappa shape index (κ3) is 3.90. The lowest BCUT2D eigenvalue weighted by Gasteiger charge is -2.37. The molecule has 21 heavy (non-hydrogen) atoms. The van der Waals surface area contributed by atoms with E-state index in [1.807, 2.05) is 0 Å². The van der Waals surface area contributed by atoms with E-state index in [1.54, 1.807) is 32.0 Å². The van der Waals surface area contributed by atoms with Crippen LogP contribution in [-0.4, -0.2) is 30.5 Å². The number of methoxy groups -OCH3 is 1. The molecule has 0 spiro atoms. The maximum Gasteiger partial charge on any atom is 0.418 e. The van der Waals surface area contributed by atoms with Crippen LogP contribution in [0.15, 0.2) is 22.7 Å². The van der Waals surface area contributed by atoms with Crippen LogP contribution in [0.4, 0.5) is 13.2 Å². The monoisotopic (exact) mass is 369 g/mol. The Morgan fingerprint density at radius 1 is 1.29 bits per heavy atom. The first-order chi connectivity index (χ1) is 9.47. The Bertz CT molecular complexity index is 505. The Labute approximate surface area is 130 Å². The molecule has 3 N–H and O–H groups in total. The molecule has 0 fully saturated rings. The number of benzene rings is 1. The van der Waals surface area contributed by atoms with E-state index >= 15 is 0 Å². The Balaban J connectivity index is 3.25. The number of ether oxygens (including phenoxy) is 1. The van der Waals surface area contributed by atoms with Crippen molar-refractivity contribution in [1.29, 1.82) is 0 Å². The zero-order chi connectivity index (χ0) is 16.5. The summed E-state index contributed by atoms with van der Waals surface area (Å²) < 4.78 is 45.0. The number of halogens is 4. The first kappa shape index (κ1) is 18.3. The molecule has 1 unspecified atom stereocenters. The summed E-state index contributed by atoms with van der Waals surface area (Å²) in [6.45, 7) is 2.34. The van der Waals surface area contributed by atoms with Crippen molar-refractivity contribution >= 4 is 15.9 Å². The SMILES string of the molecule is COc1ccc(Br)cc1C(C)(C)CC(O)(CN)C(F)(F)F. The Morgan fingerprint density at radius 2 is 1.86 bits per heavy atom. The van der Waals surface area contributed by atoms with Crippen LogP contribution in [0.2, 0.25) is 0 Å². The van der Waals surface area contributed by atoms with Gasteiger partial charge in [-0.3, -0.25) is 0 Å². The van der Waals surface area contributed by atoms with Crippen molar-refractivity contribution in [2.75, 3.05) is 13.7 Å². The van der Waals surface area contributed by atoms with Gasteiger partial charge < -0.3 is 15.6 Å². The Kier molecular flexibility index (Phi) is 5.34. The molecule has 0 aliphatic heterocycles. The van der Waals surface area contributed by atoms with Gasteiger partial charge in [0.1, 0.15) is 5.75 Å². The van der Waals surface area contributed by atoms with Crippen molar-refractivity contribution in [3.8, 4) is 5.75 Å². The third-order valence-electron chi connectivity index (χ3n) is 3.49. The average Bonchev–Trinajstić information content (AvgIpc) is 2.36. The summed E-state index contributed by atoms with van der Waals surface area (Å²) in [6, 6.07) is 5.08. The number of nitrogens with two attached hydrogens (primary N) is 1. The van der Waals surface area contributed by atoms with Gasteiger partial charge in [-0.25, -0.2) is 0 Å². The van der Waals surface area contributed by atoms with Crippen molar-refractivity contribution in [1.82, 2.24) is 0 Å². The van der Waals surface area contributed by atoms with Crippen LogP contribution in [0, 0.1) is 0 Å². The predicted molar refractivity (Wildman–Crippen MR) is 78.4 cm³/mol. The highest BCUT2D eigenvalue weighted by atomic mass is 79.9. The summed E-state index contributed by atoms with van der Waals surface area (Å²) in [5.74, 6) is 0.463. The number of hydrogen-bond donors (Lipinski definition) is 2. The first-order valence-corrected chi connectivity index (χ1v) is 7.09. The van der Waals surface area contributed by atoms with E-state index in [9.17, 15) is 18.3 Å². The highest BCUT2D eigenvalue weighted by Gasteiger charge is 2.55. The molecule has 1 rings (SSSR count). The van der Waals surface area contributed by atoms with Gasteiger partial charge in [0, 0.05) is 16.6 Å². The summed E-state index contributed by atoms with van der Waals surface area (Å²) in [5.41, 5.74) is 1.81. The number of aliphatic hydroxyl groups is 1. The standard InChI is InChI=1S/C14H19BrF3NO2/c1-12(2,7-13(20,8-19)14(16,17)18)10-6-9(15)4-5-11(10)21-3/h4-6,20H,7-8,19H2,1-3H3. The van der Waals surface area contributed by atoms with Gasteiger partial charge in [0.05, 0.1) is 7.11 Å². The summed E-state index contributed by atoms with van der Waals surface area (Å²) >= 11 is 3.29. The molecule has 0 bridgehead atoms. The highest BCUT2D eigenvalue weighted by molar-refractivity contribution is 9.10. The molecule has 120 valence electrons. The molecule has 0 aromatic heterocycles. The maximum atomic E-state index is 13.0. The average molecular weight is 370 g/mol. The van der Waals surface area contributed by atoms with Crippen molar-refractivity contribution in [3.05, 3.63) is 28.2 Å². The molecule has 1 atom stereocenters. The second kappa shape index (κ2) is 6.14. The summed E-state index contributed by atoms with van der Waals surface area (Å²) in [7, 11) is 1.45. The topological polar surface area (TPSA) is 55.5 Å². The zero-order valence-corrected chi connectivity index (χ0v) is 13.7. The van der Waals surface area contributed by atoms with Gasteiger partial charge in [-0.2, -0.15) is 13.2 Å². The first-order valence-electron chi connectivity index (χ1n) is 6.30. The fraction of sp³-hybridized carbons (Fsp3) is 0.571. The minimum Gasteiger partial charge on any atom is -0.496 e. The van der Waals surface area contributed by atoms with Gasteiger partial charge in [0.15, 0.2) is 5.60 Å². The zero-order valence-electron chi connectivity index (χ0n) is 12.1. The molecule has 0 radical (unpaired) electrons. The predicted octanol–water partition coefficient (Wildman–Crippen LogP) is 3.38. The molecule has 0 aliphatic carbocycles.